The van der Waals surface area contributed by atoms with Crippen molar-refractivity contribution in [1.82, 2.24) is 9.55 Å². The second-order valence-electron chi connectivity index (χ2n) is 3.63. The Balaban J connectivity index is 2.64. The third-order valence-corrected chi connectivity index (χ3v) is 2.73. The molecule has 0 bridgehead atoms. The lowest BCUT2D eigenvalue weighted by Gasteiger charge is -2.08. The van der Waals surface area contributed by atoms with Gasteiger partial charge < -0.3 is 5.11 Å². The molecule has 0 saturated heterocycles. The zero-order valence-electron chi connectivity index (χ0n) is 9.46. The Morgan fingerprint density at radius 1 is 1.61 bits per heavy atom. The average Bonchev–Trinajstić information content (AvgIpc) is 2.83. The van der Waals surface area contributed by atoms with Crippen LogP contribution in [-0.4, -0.2) is 20.9 Å². The Kier molecular flexibility index (Phi) is 3.38. The summed E-state index contributed by atoms with van der Waals surface area (Å²) in [6.45, 7) is 3.90. The first-order valence-electron chi connectivity index (χ1n) is 5.22. The minimum Gasteiger partial charge on any atom is -0.494 e. The van der Waals surface area contributed by atoms with Gasteiger partial charge in [0.2, 0.25) is 5.88 Å². The van der Waals surface area contributed by atoms with Gasteiger partial charge in [0.15, 0.2) is 4.77 Å². The summed E-state index contributed by atoms with van der Waals surface area (Å²) in [5.41, 5.74) is 0.454. The monoisotopic (exact) mass is 261 g/mol. The van der Waals surface area contributed by atoms with Crippen molar-refractivity contribution in [2.45, 2.75) is 6.54 Å². The predicted octanol–water partition coefficient (Wildman–Crippen LogP) is 1.78. The Morgan fingerprint density at radius 3 is 3.00 bits per heavy atom. The third-order valence-electron chi connectivity index (χ3n) is 2.41. The van der Waals surface area contributed by atoms with E-state index in [0.717, 1.165) is 5.57 Å². The quantitative estimate of drug-likeness (QED) is 0.643. The number of hydrogen-bond acceptors (Lipinski definition) is 4. The number of aromatic amines is 1. The van der Waals surface area contributed by atoms with Gasteiger partial charge in [0.05, 0.1) is 0 Å². The molecule has 0 aromatic carbocycles. The molecular formula is C12H11N3O2S. The number of rotatable bonds is 3. The molecule has 0 fully saturated rings. The molecule has 2 N–H and O–H groups in total. The Bertz CT molecular complexity index is 678. The molecule has 18 heavy (non-hydrogen) atoms. The fourth-order valence-electron chi connectivity index (χ4n) is 1.56. The Hall–Kier alpha value is -2.21. The van der Waals surface area contributed by atoms with Crippen LogP contribution in [0, 0.1) is 4.77 Å². The van der Waals surface area contributed by atoms with Crippen LogP contribution in [0.1, 0.15) is 5.56 Å². The van der Waals surface area contributed by atoms with Gasteiger partial charge in [0.25, 0.3) is 5.56 Å². The fourth-order valence-corrected chi connectivity index (χ4v) is 1.81. The number of allylic oxidation sites excluding steroid dienone is 3. The summed E-state index contributed by atoms with van der Waals surface area (Å²) in [6, 6.07) is 0. The number of aromatic nitrogens is 2. The highest BCUT2D eigenvalue weighted by atomic mass is 32.1. The zero-order valence-corrected chi connectivity index (χ0v) is 10.3. The Morgan fingerprint density at radius 2 is 2.39 bits per heavy atom. The largest absolute Gasteiger partial charge is 0.494 e. The minimum atomic E-state index is -0.431. The smallest absolute Gasteiger partial charge is 0.262 e. The molecule has 1 aliphatic rings. The summed E-state index contributed by atoms with van der Waals surface area (Å²) >= 11 is 4.97. The lowest BCUT2D eigenvalue weighted by Crippen LogP contribution is -2.16. The molecule has 2 heterocycles. The maximum absolute atomic E-state index is 11.8. The molecule has 0 spiro atoms. The van der Waals surface area contributed by atoms with E-state index in [1.807, 2.05) is 0 Å². The summed E-state index contributed by atoms with van der Waals surface area (Å²) in [7, 11) is 0. The molecule has 0 aliphatic carbocycles. The van der Waals surface area contributed by atoms with Gasteiger partial charge in [-0.1, -0.05) is 6.08 Å². The van der Waals surface area contributed by atoms with Crippen LogP contribution in [-0.2, 0) is 6.54 Å². The summed E-state index contributed by atoms with van der Waals surface area (Å²) in [5, 5.41) is 10.1. The number of aliphatic imine (C=N–C) groups is 1. The van der Waals surface area contributed by atoms with E-state index in [9.17, 15) is 9.90 Å². The molecule has 0 radical (unpaired) electrons. The van der Waals surface area contributed by atoms with E-state index < -0.39 is 5.56 Å². The van der Waals surface area contributed by atoms with Crippen LogP contribution in [0.15, 0.2) is 40.3 Å². The van der Waals surface area contributed by atoms with Crippen molar-refractivity contribution in [2.75, 3.05) is 0 Å². The van der Waals surface area contributed by atoms with Crippen molar-refractivity contribution in [3.63, 3.8) is 0 Å². The topological polar surface area (TPSA) is 70.4 Å². The van der Waals surface area contributed by atoms with Gasteiger partial charge >= 0.3 is 0 Å². The van der Waals surface area contributed by atoms with Crippen molar-refractivity contribution in [2.24, 2.45) is 4.99 Å². The van der Waals surface area contributed by atoms with E-state index in [4.69, 9.17) is 12.2 Å². The number of hydrogen-bond donors (Lipinski definition) is 2. The minimum absolute atomic E-state index is 0.151. The van der Waals surface area contributed by atoms with Crippen molar-refractivity contribution in [3.05, 3.63) is 51.2 Å². The molecule has 6 heteroatoms. The molecule has 1 aromatic heterocycles. The summed E-state index contributed by atoms with van der Waals surface area (Å²) in [5.74, 6) is -0.176. The van der Waals surface area contributed by atoms with Gasteiger partial charge in [-0.2, -0.15) is 0 Å². The van der Waals surface area contributed by atoms with Crippen LogP contribution < -0.4 is 5.56 Å². The molecule has 0 unspecified atom stereocenters. The molecule has 5 nitrogen and oxygen atoms in total. The van der Waals surface area contributed by atoms with Crippen LogP contribution in [0.5, 0.6) is 5.88 Å². The van der Waals surface area contributed by atoms with E-state index in [1.165, 1.54) is 4.57 Å². The molecular weight excluding hydrogens is 250 g/mol. The van der Waals surface area contributed by atoms with Gasteiger partial charge in [0, 0.05) is 19.0 Å². The lowest BCUT2D eigenvalue weighted by molar-refractivity contribution is 0.412. The standard InChI is InChI=1S/C12H11N3O2S/c1-2-5-15-11(17)9(10(16)14-12(15)18)6-8-3-4-13-7-8/h2-4,6-7,17H,1,5H2,(H,14,16,18). The van der Waals surface area contributed by atoms with Crippen LogP contribution >= 0.6 is 12.2 Å². The summed E-state index contributed by atoms with van der Waals surface area (Å²) in [4.78, 5) is 18.2. The van der Waals surface area contributed by atoms with E-state index in [2.05, 4.69) is 16.6 Å². The van der Waals surface area contributed by atoms with E-state index in [1.54, 1.807) is 30.6 Å². The van der Waals surface area contributed by atoms with Crippen LogP contribution in [0.4, 0.5) is 0 Å². The van der Waals surface area contributed by atoms with Gasteiger partial charge in [0.1, 0.15) is 5.56 Å². The number of aromatic hydroxyl groups is 1. The molecule has 0 amide bonds. The number of nitrogens with one attached hydrogen (secondary N) is 1. The number of H-pyrrole nitrogens is 1. The van der Waals surface area contributed by atoms with Crippen LogP contribution in [0.25, 0.3) is 6.08 Å². The highest BCUT2D eigenvalue weighted by molar-refractivity contribution is 7.71. The van der Waals surface area contributed by atoms with E-state index in [-0.39, 0.29) is 16.2 Å². The van der Waals surface area contributed by atoms with Gasteiger partial charge in [-0.25, -0.2) is 0 Å². The number of nitrogens with zero attached hydrogens (tertiary/aromatic N) is 2. The first-order chi connectivity index (χ1) is 8.63. The highest BCUT2D eigenvalue weighted by Crippen LogP contribution is 2.17. The molecule has 1 aliphatic heterocycles. The van der Waals surface area contributed by atoms with Crippen molar-refractivity contribution >= 4 is 24.5 Å². The van der Waals surface area contributed by atoms with Crippen molar-refractivity contribution < 1.29 is 5.11 Å². The molecule has 92 valence electrons. The molecule has 0 atom stereocenters. The van der Waals surface area contributed by atoms with Gasteiger partial charge in [-0.3, -0.25) is 19.3 Å². The summed E-state index contributed by atoms with van der Waals surface area (Å²) < 4.78 is 1.56. The zero-order chi connectivity index (χ0) is 13.1. The Labute approximate surface area is 108 Å². The fraction of sp³-hybridized carbons (Fsp3) is 0.0833. The van der Waals surface area contributed by atoms with Crippen molar-refractivity contribution in [1.29, 1.82) is 0 Å². The second kappa shape index (κ2) is 4.97. The molecule has 2 rings (SSSR count). The first kappa shape index (κ1) is 12.3. The molecule has 0 saturated carbocycles. The highest BCUT2D eigenvalue weighted by Gasteiger charge is 2.10. The van der Waals surface area contributed by atoms with Crippen LogP contribution in [0.2, 0.25) is 0 Å². The van der Waals surface area contributed by atoms with Gasteiger partial charge in [-0.05, 0) is 29.9 Å². The van der Waals surface area contributed by atoms with Gasteiger partial charge in [-0.15, -0.1) is 6.58 Å². The summed E-state index contributed by atoms with van der Waals surface area (Å²) in [6.07, 6.45) is 8.07. The predicted molar refractivity (Wildman–Crippen MR) is 73.4 cm³/mol. The van der Waals surface area contributed by atoms with Crippen molar-refractivity contribution in [3.8, 4) is 5.88 Å². The molecule has 1 aromatic rings. The first-order valence-corrected chi connectivity index (χ1v) is 5.62. The van der Waals surface area contributed by atoms with E-state index >= 15 is 0 Å². The average molecular weight is 261 g/mol. The normalized spacial score (nSPS) is 15.4. The SMILES string of the molecule is C=CCn1c(O)c(C=C2C=CN=C2)c(=O)[nH]c1=S. The van der Waals surface area contributed by atoms with Crippen LogP contribution in [0.3, 0.4) is 0 Å². The maximum atomic E-state index is 11.8. The van der Waals surface area contributed by atoms with E-state index in [0.29, 0.717) is 6.54 Å². The maximum Gasteiger partial charge on any atom is 0.262 e. The third kappa shape index (κ3) is 2.23. The second-order valence-corrected chi connectivity index (χ2v) is 4.02. The lowest BCUT2D eigenvalue weighted by atomic mass is 10.2.